The largest absolute Gasteiger partial charge is 0.484 e. The highest BCUT2D eigenvalue weighted by atomic mass is 32.2. The zero-order valence-electron chi connectivity index (χ0n) is 29.3. The Morgan fingerprint density at radius 3 is 2.65 bits per heavy atom. The number of nitrogens with zero attached hydrogens (tertiary/aromatic N) is 8. The molecule has 1 aliphatic carbocycles. The Kier molecular flexibility index (Phi) is 9.70. The molecule has 7 rings (SSSR count). The van der Waals surface area contributed by atoms with Crippen molar-refractivity contribution in [1.29, 1.82) is 0 Å². The van der Waals surface area contributed by atoms with E-state index >= 15 is 0 Å². The van der Waals surface area contributed by atoms with Gasteiger partial charge in [0.15, 0.2) is 5.65 Å². The molecule has 0 spiro atoms. The van der Waals surface area contributed by atoms with E-state index in [2.05, 4.69) is 43.8 Å². The number of urea groups is 1. The van der Waals surface area contributed by atoms with Crippen molar-refractivity contribution in [1.82, 2.24) is 39.5 Å². The van der Waals surface area contributed by atoms with E-state index in [1.807, 2.05) is 60.8 Å². The van der Waals surface area contributed by atoms with Gasteiger partial charge in [0.1, 0.15) is 23.4 Å². The summed E-state index contributed by atoms with van der Waals surface area (Å²) in [4.78, 5) is 15.9. The Morgan fingerprint density at radius 2 is 1.86 bits per heavy atom. The normalized spacial score (nSPS) is 19.3. The van der Waals surface area contributed by atoms with Gasteiger partial charge < -0.3 is 15.0 Å². The number of rotatable bonds is 11. The molecule has 270 valence electrons. The molecular formula is C35H44N10O5S. The lowest BCUT2D eigenvalue weighted by Gasteiger charge is -2.33. The SMILES string of the molecule is CC(C)c1cc(NC(=O)N[C@H]2CC[C@@H](Oc3ccc4nnc(N5CCCC[C@@H]5C)n4c3)c3ccccc32)n(-c2cnn(CCOS(C)(=O)=O)c2)n1. The molecule has 0 radical (unpaired) electrons. The Hall–Kier alpha value is -4.96. The molecule has 2 amide bonds. The number of ether oxygens (including phenoxy) is 1. The van der Waals surface area contributed by atoms with Crippen molar-refractivity contribution in [2.45, 2.75) is 83.5 Å². The molecule has 2 N–H and O–H groups in total. The first-order chi connectivity index (χ1) is 24.5. The van der Waals surface area contributed by atoms with Gasteiger partial charge in [-0.15, -0.1) is 10.2 Å². The number of anilines is 2. The third-order valence-corrected chi connectivity index (χ3v) is 10.1. The van der Waals surface area contributed by atoms with Crippen LogP contribution < -0.4 is 20.3 Å². The van der Waals surface area contributed by atoms with Gasteiger partial charge in [-0.25, -0.2) is 9.48 Å². The van der Waals surface area contributed by atoms with Gasteiger partial charge in [-0.05, 0) is 68.2 Å². The van der Waals surface area contributed by atoms with Crippen LogP contribution in [0.15, 0.2) is 61.1 Å². The van der Waals surface area contributed by atoms with Gasteiger partial charge in [-0.3, -0.25) is 18.6 Å². The van der Waals surface area contributed by atoms with Gasteiger partial charge in [-0.1, -0.05) is 38.1 Å². The van der Waals surface area contributed by atoms with Crippen LogP contribution in [0.2, 0.25) is 0 Å². The third kappa shape index (κ3) is 7.71. The zero-order chi connectivity index (χ0) is 35.7. The van der Waals surface area contributed by atoms with Gasteiger partial charge in [0, 0.05) is 18.7 Å². The van der Waals surface area contributed by atoms with Crippen molar-refractivity contribution >= 4 is 33.6 Å². The standard InChI is InChI=1S/C35H44N10O5S/c1-23(2)30-19-33(45(41-30)25-20-36-42(21-25)17-18-49-51(4,47)48)38-34(46)37-29-13-14-31(28-11-6-5-10-27(28)29)50-26-12-15-32-39-40-35(44(32)22-26)43-16-8-7-9-24(43)3/h5-6,10-12,15,19-24,29,31H,7-9,13-14,16-18H2,1-4H3,(H2,37,38,46)/t24-,29-,31+/m0/s1. The average Bonchev–Trinajstić information content (AvgIpc) is 3.84. The van der Waals surface area contributed by atoms with E-state index < -0.39 is 10.1 Å². The molecule has 1 aromatic carbocycles. The smallest absolute Gasteiger partial charge is 0.320 e. The summed E-state index contributed by atoms with van der Waals surface area (Å²) in [7, 11) is -3.55. The quantitative estimate of drug-likeness (QED) is 0.170. The summed E-state index contributed by atoms with van der Waals surface area (Å²) < 4.78 is 39.4. The first-order valence-electron chi connectivity index (χ1n) is 17.4. The van der Waals surface area contributed by atoms with Crippen LogP contribution in [0.25, 0.3) is 11.3 Å². The predicted molar refractivity (Wildman–Crippen MR) is 192 cm³/mol. The number of pyridine rings is 1. The fourth-order valence-electron chi connectivity index (χ4n) is 6.85. The van der Waals surface area contributed by atoms with Gasteiger partial charge in [0.05, 0.1) is 49.7 Å². The minimum atomic E-state index is -3.55. The first kappa shape index (κ1) is 34.5. The van der Waals surface area contributed by atoms with Crippen molar-refractivity contribution < 1.29 is 22.1 Å². The Labute approximate surface area is 297 Å². The zero-order valence-corrected chi connectivity index (χ0v) is 30.1. The second-order valence-electron chi connectivity index (χ2n) is 13.6. The minimum absolute atomic E-state index is 0.0467. The molecule has 1 aliphatic heterocycles. The molecule has 0 saturated carbocycles. The molecule has 16 heteroatoms. The Morgan fingerprint density at radius 1 is 1.04 bits per heavy atom. The Balaban J connectivity index is 1.05. The maximum Gasteiger partial charge on any atom is 0.320 e. The highest BCUT2D eigenvalue weighted by molar-refractivity contribution is 7.85. The van der Waals surface area contributed by atoms with E-state index in [0.717, 1.165) is 59.8 Å². The molecule has 5 aromatic rings. The van der Waals surface area contributed by atoms with Crippen molar-refractivity contribution in [3.63, 3.8) is 0 Å². The first-order valence-corrected chi connectivity index (χ1v) is 19.3. The summed E-state index contributed by atoms with van der Waals surface area (Å²) in [6.07, 6.45) is 11.0. The number of carbonyl (C=O) groups is 1. The number of amides is 2. The monoisotopic (exact) mass is 716 g/mol. The number of piperidine rings is 1. The van der Waals surface area contributed by atoms with Gasteiger partial charge in [0.2, 0.25) is 5.95 Å². The molecule has 1 saturated heterocycles. The second kappa shape index (κ2) is 14.3. The lowest BCUT2D eigenvalue weighted by Crippen LogP contribution is -2.38. The molecule has 0 bridgehead atoms. The summed E-state index contributed by atoms with van der Waals surface area (Å²) in [5.41, 5.74) is 4.23. The van der Waals surface area contributed by atoms with Crippen molar-refractivity contribution in [3.05, 3.63) is 77.9 Å². The number of carbonyl (C=O) groups excluding carboxylic acids is 1. The second-order valence-corrected chi connectivity index (χ2v) is 15.2. The Bertz CT molecular complexity index is 2120. The van der Waals surface area contributed by atoms with Crippen LogP contribution in [0.1, 0.15) is 87.8 Å². The predicted octanol–water partition coefficient (Wildman–Crippen LogP) is 5.37. The summed E-state index contributed by atoms with van der Waals surface area (Å²) in [6, 6.07) is 13.6. The van der Waals surface area contributed by atoms with Crippen molar-refractivity contribution in [3.8, 4) is 11.4 Å². The highest BCUT2D eigenvalue weighted by Crippen LogP contribution is 2.39. The maximum atomic E-state index is 13.5. The van der Waals surface area contributed by atoms with Gasteiger partial charge >= 0.3 is 6.03 Å². The lowest BCUT2D eigenvalue weighted by molar-refractivity contribution is 0.171. The van der Waals surface area contributed by atoms with E-state index in [4.69, 9.17) is 14.0 Å². The van der Waals surface area contributed by atoms with E-state index in [1.165, 1.54) is 6.42 Å². The summed E-state index contributed by atoms with van der Waals surface area (Å²) in [5, 5.41) is 24.1. The molecule has 0 unspecified atom stereocenters. The molecule has 4 aromatic heterocycles. The minimum Gasteiger partial charge on any atom is -0.484 e. The number of hydrogen-bond donors (Lipinski definition) is 2. The third-order valence-electron chi connectivity index (χ3n) is 9.48. The van der Waals surface area contributed by atoms with Gasteiger partial charge in [0.25, 0.3) is 10.1 Å². The molecule has 51 heavy (non-hydrogen) atoms. The van der Waals surface area contributed by atoms with E-state index in [1.54, 1.807) is 21.8 Å². The molecule has 3 atom stereocenters. The van der Waals surface area contributed by atoms with E-state index in [0.29, 0.717) is 30.4 Å². The molecular weight excluding hydrogens is 673 g/mol. The van der Waals surface area contributed by atoms with Crippen molar-refractivity contribution in [2.75, 3.05) is 29.6 Å². The van der Waals surface area contributed by atoms with Crippen LogP contribution in [0, 0.1) is 0 Å². The average molecular weight is 717 g/mol. The van der Waals surface area contributed by atoms with Crippen LogP contribution in [0.4, 0.5) is 16.6 Å². The summed E-state index contributed by atoms with van der Waals surface area (Å²) in [6.45, 7) is 7.43. The number of aromatic nitrogens is 7. The van der Waals surface area contributed by atoms with Gasteiger partial charge in [-0.2, -0.15) is 18.6 Å². The lowest BCUT2D eigenvalue weighted by atomic mass is 9.85. The van der Waals surface area contributed by atoms with E-state index in [-0.39, 0.29) is 37.2 Å². The topological polar surface area (TPSA) is 163 Å². The van der Waals surface area contributed by atoms with Crippen LogP contribution in [-0.4, -0.2) is 74.1 Å². The number of hydrogen-bond acceptors (Lipinski definition) is 10. The summed E-state index contributed by atoms with van der Waals surface area (Å²) in [5.74, 6) is 2.17. The summed E-state index contributed by atoms with van der Waals surface area (Å²) >= 11 is 0. The van der Waals surface area contributed by atoms with Crippen LogP contribution in [0.3, 0.4) is 0 Å². The van der Waals surface area contributed by atoms with Crippen LogP contribution >= 0.6 is 0 Å². The van der Waals surface area contributed by atoms with Crippen LogP contribution in [0.5, 0.6) is 5.75 Å². The fraction of sp³-hybridized carbons (Fsp3) is 0.457. The molecule has 1 fully saturated rings. The number of fused-ring (bicyclic) bond motifs is 2. The maximum absolute atomic E-state index is 13.5. The molecule has 2 aliphatic rings. The highest BCUT2D eigenvalue weighted by Gasteiger charge is 2.30. The number of benzene rings is 1. The van der Waals surface area contributed by atoms with Crippen molar-refractivity contribution in [2.24, 2.45) is 0 Å². The van der Waals surface area contributed by atoms with Crippen LogP contribution in [-0.2, 0) is 20.8 Å². The number of nitrogens with one attached hydrogen (secondary N) is 2. The van der Waals surface area contributed by atoms with E-state index in [9.17, 15) is 13.2 Å². The molecule has 5 heterocycles. The molecule has 15 nitrogen and oxygen atoms in total. The fourth-order valence-corrected chi connectivity index (χ4v) is 7.23.